The number of aliphatic hydroxyl groups is 1. The van der Waals surface area contributed by atoms with Gasteiger partial charge in [0.1, 0.15) is 0 Å². The second-order valence-electron chi connectivity index (χ2n) is 4.39. The Hall–Kier alpha value is -1.56. The molecule has 2 aromatic carbocycles. The van der Waals surface area contributed by atoms with Gasteiger partial charge in [0.15, 0.2) is 0 Å². The summed E-state index contributed by atoms with van der Waals surface area (Å²) >= 11 is 6.01. The van der Waals surface area contributed by atoms with Gasteiger partial charge in [0.2, 0.25) is 0 Å². The van der Waals surface area contributed by atoms with E-state index in [1.54, 1.807) is 30.3 Å². The molecule has 106 valence electrons. The van der Waals surface area contributed by atoms with Crippen LogP contribution in [0.5, 0.6) is 0 Å². The molecular weight excluding hydrogens is 298 g/mol. The minimum atomic E-state index is -3.73. The van der Waals surface area contributed by atoms with Crippen LogP contribution in [0.4, 0.5) is 5.69 Å². The number of anilines is 1. The first-order valence-electron chi connectivity index (χ1n) is 5.91. The molecule has 0 saturated heterocycles. The lowest BCUT2D eigenvalue weighted by molar-refractivity contribution is 0.281. The Morgan fingerprint density at radius 3 is 2.60 bits per heavy atom. The second kappa shape index (κ2) is 5.83. The number of nitrogens with one attached hydrogen (secondary N) is 1. The van der Waals surface area contributed by atoms with Crippen LogP contribution < -0.4 is 4.72 Å². The van der Waals surface area contributed by atoms with Crippen molar-refractivity contribution in [1.82, 2.24) is 0 Å². The molecule has 0 heterocycles. The predicted octanol–water partition coefficient (Wildman–Crippen LogP) is 2.94. The van der Waals surface area contributed by atoms with Crippen molar-refractivity contribution >= 4 is 27.3 Å². The Morgan fingerprint density at radius 1 is 1.20 bits per heavy atom. The molecule has 0 spiro atoms. The zero-order valence-electron chi connectivity index (χ0n) is 10.8. The summed E-state index contributed by atoms with van der Waals surface area (Å²) in [6, 6.07) is 11.2. The van der Waals surface area contributed by atoms with Crippen LogP contribution in [0.2, 0.25) is 5.02 Å². The standard InChI is InChI=1S/C14H14ClNO3S/c1-10-5-6-14(13(15)7-10)16-20(18,19)12-4-2-3-11(8-12)9-17/h2-8,16-17H,9H2,1H3. The average molecular weight is 312 g/mol. The lowest BCUT2D eigenvalue weighted by atomic mass is 10.2. The van der Waals surface area contributed by atoms with Crippen LogP contribution in [0.3, 0.4) is 0 Å². The maximum absolute atomic E-state index is 12.3. The highest BCUT2D eigenvalue weighted by Crippen LogP contribution is 2.25. The van der Waals surface area contributed by atoms with Crippen molar-refractivity contribution in [2.24, 2.45) is 0 Å². The SMILES string of the molecule is Cc1ccc(NS(=O)(=O)c2cccc(CO)c2)c(Cl)c1. The number of sulfonamides is 1. The summed E-state index contributed by atoms with van der Waals surface area (Å²) in [5.74, 6) is 0. The third-order valence-electron chi connectivity index (χ3n) is 2.76. The lowest BCUT2D eigenvalue weighted by Gasteiger charge is -2.10. The summed E-state index contributed by atoms with van der Waals surface area (Å²) in [5.41, 5.74) is 1.80. The van der Waals surface area contributed by atoms with Gasteiger partial charge < -0.3 is 5.11 Å². The summed E-state index contributed by atoms with van der Waals surface area (Å²) in [6.45, 7) is 1.66. The van der Waals surface area contributed by atoms with Crippen LogP contribution in [0.25, 0.3) is 0 Å². The van der Waals surface area contributed by atoms with E-state index in [9.17, 15) is 8.42 Å². The van der Waals surface area contributed by atoms with Gasteiger partial charge >= 0.3 is 0 Å². The molecule has 0 bridgehead atoms. The van der Waals surface area contributed by atoms with E-state index in [-0.39, 0.29) is 11.5 Å². The molecule has 0 aliphatic heterocycles. The minimum Gasteiger partial charge on any atom is -0.392 e. The largest absolute Gasteiger partial charge is 0.392 e. The first kappa shape index (κ1) is 14.8. The van der Waals surface area contributed by atoms with Crippen LogP contribution >= 0.6 is 11.6 Å². The number of hydrogen-bond donors (Lipinski definition) is 2. The zero-order valence-corrected chi connectivity index (χ0v) is 12.4. The van der Waals surface area contributed by atoms with Gasteiger partial charge in [-0.25, -0.2) is 8.42 Å². The number of benzene rings is 2. The third kappa shape index (κ3) is 3.30. The van der Waals surface area contributed by atoms with E-state index in [1.165, 1.54) is 12.1 Å². The Bertz CT molecular complexity index is 729. The molecule has 0 aliphatic rings. The second-order valence-corrected chi connectivity index (χ2v) is 6.48. The van der Waals surface area contributed by atoms with Gasteiger partial charge in [-0.15, -0.1) is 0 Å². The lowest BCUT2D eigenvalue weighted by Crippen LogP contribution is -2.13. The average Bonchev–Trinajstić information content (AvgIpc) is 2.42. The molecule has 0 amide bonds. The van der Waals surface area contributed by atoms with Gasteiger partial charge in [-0.05, 0) is 42.3 Å². The Morgan fingerprint density at radius 2 is 1.95 bits per heavy atom. The van der Waals surface area contributed by atoms with Gasteiger partial charge in [-0.2, -0.15) is 0 Å². The van der Waals surface area contributed by atoms with Crippen LogP contribution in [0.1, 0.15) is 11.1 Å². The fraction of sp³-hybridized carbons (Fsp3) is 0.143. The highest BCUT2D eigenvalue weighted by atomic mass is 35.5. The Labute approximate surface area is 123 Å². The van der Waals surface area contributed by atoms with Crippen molar-refractivity contribution in [1.29, 1.82) is 0 Å². The normalized spacial score (nSPS) is 11.3. The summed E-state index contributed by atoms with van der Waals surface area (Å²) in [7, 11) is -3.73. The van der Waals surface area contributed by atoms with E-state index < -0.39 is 10.0 Å². The third-order valence-corrected chi connectivity index (χ3v) is 4.44. The summed E-state index contributed by atoms with van der Waals surface area (Å²) < 4.78 is 27.0. The van der Waals surface area contributed by atoms with Gasteiger partial charge in [0, 0.05) is 0 Å². The van der Waals surface area contributed by atoms with Gasteiger partial charge in [-0.3, -0.25) is 4.72 Å². The fourth-order valence-electron chi connectivity index (χ4n) is 1.72. The summed E-state index contributed by atoms with van der Waals surface area (Å²) in [5, 5.41) is 9.40. The van der Waals surface area contributed by atoms with Gasteiger partial charge in [-0.1, -0.05) is 29.8 Å². The zero-order chi connectivity index (χ0) is 14.8. The monoisotopic (exact) mass is 311 g/mol. The van der Waals surface area contributed by atoms with Gasteiger partial charge in [0.05, 0.1) is 22.2 Å². The van der Waals surface area contributed by atoms with Crippen LogP contribution in [0.15, 0.2) is 47.4 Å². The van der Waals surface area contributed by atoms with E-state index in [0.29, 0.717) is 16.3 Å². The van der Waals surface area contributed by atoms with Crippen molar-refractivity contribution in [3.63, 3.8) is 0 Å². The molecular formula is C14H14ClNO3S. The molecule has 0 saturated carbocycles. The molecule has 2 N–H and O–H groups in total. The van der Waals surface area contributed by atoms with E-state index >= 15 is 0 Å². The molecule has 4 nitrogen and oxygen atoms in total. The van der Waals surface area contributed by atoms with E-state index in [4.69, 9.17) is 16.7 Å². The maximum Gasteiger partial charge on any atom is 0.261 e. The Balaban J connectivity index is 2.35. The number of rotatable bonds is 4. The topological polar surface area (TPSA) is 66.4 Å². The summed E-state index contributed by atoms with van der Waals surface area (Å²) in [4.78, 5) is 0.0840. The fourth-order valence-corrected chi connectivity index (χ4v) is 3.21. The number of aliphatic hydroxyl groups excluding tert-OH is 1. The van der Waals surface area contributed by atoms with Crippen LogP contribution in [-0.2, 0) is 16.6 Å². The molecule has 0 atom stereocenters. The molecule has 0 aliphatic carbocycles. The molecule has 0 unspecified atom stereocenters. The van der Waals surface area contributed by atoms with E-state index in [1.807, 2.05) is 6.92 Å². The minimum absolute atomic E-state index is 0.0840. The quantitative estimate of drug-likeness (QED) is 0.912. The van der Waals surface area contributed by atoms with Crippen molar-refractivity contribution in [3.8, 4) is 0 Å². The van der Waals surface area contributed by atoms with Gasteiger partial charge in [0.25, 0.3) is 10.0 Å². The van der Waals surface area contributed by atoms with Crippen LogP contribution in [0, 0.1) is 6.92 Å². The first-order chi connectivity index (χ1) is 9.42. The van der Waals surface area contributed by atoms with E-state index in [0.717, 1.165) is 5.56 Å². The summed E-state index contributed by atoms with van der Waals surface area (Å²) in [6.07, 6.45) is 0. The van der Waals surface area contributed by atoms with Crippen molar-refractivity contribution in [2.75, 3.05) is 4.72 Å². The molecule has 2 aromatic rings. The molecule has 2 rings (SSSR count). The van der Waals surface area contributed by atoms with Crippen LogP contribution in [-0.4, -0.2) is 13.5 Å². The highest BCUT2D eigenvalue weighted by molar-refractivity contribution is 7.92. The molecule has 0 radical (unpaired) electrons. The molecule has 20 heavy (non-hydrogen) atoms. The van der Waals surface area contributed by atoms with Crippen molar-refractivity contribution < 1.29 is 13.5 Å². The molecule has 0 aromatic heterocycles. The smallest absolute Gasteiger partial charge is 0.261 e. The first-order valence-corrected chi connectivity index (χ1v) is 7.77. The molecule has 6 heteroatoms. The molecule has 0 fully saturated rings. The number of halogens is 1. The maximum atomic E-state index is 12.3. The van der Waals surface area contributed by atoms with Crippen molar-refractivity contribution in [2.45, 2.75) is 18.4 Å². The van der Waals surface area contributed by atoms with E-state index in [2.05, 4.69) is 4.72 Å². The number of hydrogen-bond acceptors (Lipinski definition) is 3. The highest BCUT2D eigenvalue weighted by Gasteiger charge is 2.16. The predicted molar refractivity (Wildman–Crippen MR) is 79.4 cm³/mol. The Kier molecular flexibility index (Phi) is 4.32. The number of aryl methyl sites for hydroxylation is 1. The van der Waals surface area contributed by atoms with Crippen molar-refractivity contribution in [3.05, 3.63) is 58.6 Å².